The van der Waals surface area contributed by atoms with E-state index in [1.54, 1.807) is 12.1 Å². The molecule has 0 saturated carbocycles. The SMILES string of the molecule is CC(C)(CN)c1ccc(/C(C#N)=C/c2ccc(Br)cc2)cc1.COC1(C(N)=O)COc2ccccc21. The quantitative estimate of drug-likeness (QED) is 0.327. The van der Waals surface area contributed by atoms with Gasteiger partial charge in [-0.2, -0.15) is 5.26 Å². The van der Waals surface area contributed by atoms with Crippen LogP contribution in [0.3, 0.4) is 0 Å². The van der Waals surface area contributed by atoms with E-state index in [-0.39, 0.29) is 12.0 Å². The third-order valence-corrected chi connectivity index (χ3v) is 6.82. The van der Waals surface area contributed by atoms with Crippen molar-refractivity contribution in [2.45, 2.75) is 24.9 Å². The van der Waals surface area contributed by atoms with E-state index in [0.29, 0.717) is 23.4 Å². The number of nitriles is 1. The first-order chi connectivity index (χ1) is 17.2. The van der Waals surface area contributed by atoms with Crippen LogP contribution in [0, 0.1) is 11.3 Å². The summed E-state index contributed by atoms with van der Waals surface area (Å²) in [7, 11) is 1.45. The highest BCUT2D eigenvalue weighted by Gasteiger charge is 2.46. The van der Waals surface area contributed by atoms with Gasteiger partial charge in [-0.3, -0.25) is 4.79 Å². The molecule has 0 spiro atoms. The molecule has 0 fully saturated rings. The Morgan fingerprint density at radius 3 is 2.33 bits per heavy atom. The summed E-state index contributed by atoms with van der Waals surface area (Å²) in [6.07, 6.45) is 1.90. The van der Waals surface area contributed by atoms with Gasteiger partial charge in [-0.15, -0.1) is 0 Å². The Balaban J connectivity index is 0.000000221. The minimum absolute atomic E-state index is 0.0548. The van der Waals surface area contributed by atoms with Gasteiger partial charge >= 0.3 is 0 Å². The van der Waals surface area contributed by atoms with Crippen molar-refractivity contribution in [1.29, 1.82) is 5.26 Å². The van der Waals surface area contributed by atoms with Gasteiger partial charge in [-0.05, 0) is 41.0 Å². The zero-order valence-electron chi connectivity index (χ0n) is 20.6. The summed E-state index contributed by atoms with van der Waals surface area (Å²) >= 11 is 3.41. The number of hydrogen-bond acceptors (Lipinski definition) is 5. The Labute approximate surface area is 220 Å². The van der Waals surface area contributed by atoms with Crippen LogP contribution in [-0.2, 0) is 20.5 Å². The molecule has 3 aromatic rings. The van der Waals surface area contributed by atoms with Gasteiger partial charge in [0.05, 0.1) is 11.6 Å². The van der Waals surface area contributed by atoms with E-state index in [1.807, 2.05) is 54.6 Å². The zero-order valence-corrected chi connectivity index (χ0v) is 22.2. The first-order valence-electron chi connectivity index (χ1n) is 11.4. The molecule has 0 aromatic heterocycles. The monoisotopic (exact) mass is 547 g/mol. The molecule has 0 radical (unpaired) electrons. The van der Waals surface area contributed by atoms with Gasteiger partial charge in [-0.1, -0.05) is 84.4 Å². The number of para-hydroxylation sites is 1. The van der Waals surface area contributed by atoms with E-state index >= 15 is 0 Å². The van der Waals surface area contributed by atoms with Crippen molar-refractivity contribution in [2.75, 3.05) is 20.3 Å². The summed E-state index contributed by atoms with van der Waals surface area (Å²) in [5.74, 6) is 0.137. The van der Waals surface area contributed by atoms with E-state index in [1.165, 1.54) is 12.7 Å². The number of ether oxygens (including phenoxy) is 2. The smallest absolute Gasteiger partial charge is 0.258 e. The van der Waals surface area contributed by atoms with Crippen LogP contribution in [-0.4, -0.2) is 26.2 Å². The Bertz CT molecular complexity index is 1280. The van der Waals surface area contributed by atoms with E-state index in [4.69, 9.17) is 20.9 Å². The molecule has 0 aliphatic carbocycles. The molecular weight excluding hydrogens is 518 g/mol. The lowest BCUT2D eigenvalue weighted by Crippen LogP contribution is -2.44. The largest absolute Gasteiger partial charge is 0.489 e. The summed E-state index contributed by atoms with van der Waals surface area (Å²) < 4.78 is 11.6. The molecule has 36 heavy (non-hydrogen) atoms. The molecule has 7 heteroatoms. The van der Waals surface area contributed by atoms with Crippen molar-refractivity contribution < 1.29 is 14.3 Å². The van der Waals surface area contributed by atoms with Gasteiger partial charge in [-0.25, -0.2) is 0 Å². The van der Waals surface area contributed by atoms with Gasteiger partial charge in [0.25, 0.3) is 5.91 Å². The average Bonchev–Trinajstić information content (AvgIpc) is 3.29. The highest BCUT2D eigenvalue weighted by atomic mass is 79.9. The maximum absolute atomic E-state index is 11.3. The van der Waals surface area contributed by atoms with E-state index in [2.05, 4.69) is 48.0 Å². The normalized spacial score (nSPS) is 16.7. The molecule has 1 unspecified atom stereocenters. The van der Waals surface area contributed by atoms with Crippen molar-refractivity contribution in [2.24, 2.45) is 11.5 Å². The molecule has 1 atom stereocenters. The van der Waals surface area contributed by atoms with Crippen LogP contribution in [0.2, 0.25) is 0 Å². The van der Waals surface area contributed by atoms with Crippen molar-refractivity contribution in [3.05, 3.63) is 99.5 Å². The molecule has 0 saturated heterocycles. The van der Waals surface area contributed by atoms with Crippen LogP contribution in [0.5, 0.6) is 5.75 Å². The molecule has 1 amide bonds. The van der Waals surface area contributed by atoms with E-state index < -0.39 is 11.5 Å². The van der Waals surface area contributed by atoms with Gasteiger partial charge in [0.15, 0.2) is 0 Å². The van der Waals surface area contributed by atoms with Crippen molar-refractivity contribution in [3.63, 3.8) is 0 Å². The second kappa shape index (κ2) is 11.5. The molecule has 6 nitrogen and oxygen atoms in total. The maximum Gasteiger partial charge on any atom is 0.258 e. The summed E-state index contributed by atoms with van der Waals surface area (Å²) in [6.45, 7) is 4.97. The number of nitrogens with two attached hydrogens (primary N) is 2. The first-order valence-corrected chi connectivity index (χ1v) is 12.2. The number of rotatable bonds is 6. The van der Waals surface area contributed by atoms with Gasteiger partial charge in [0.2, 0.25) is 5.60 Å². The number of amides is 1. The van der Waals surface area contributed by atoms with Gasteiger partial charge < -0.3 is 20.9 Å². The Hall–Kier alpha value is -3.44. The molecule has 0 bridgehead atoms. The number of carbonyl (C=O) groups excluding carboxylic acids is 1. The fraction of sp³-hybridized carbons (Fsp3) is 0.241. The van der Waals surface area contributed by atoms with Gasteiger partial charge in [0, 0.05) is 29.1 Å². The number of nitrogens with zero attached hydrogens (tertiary/aromatic N) is 1. The summed E-state index contributed by atoms with van der Waals surface area (Å²) in [6, 6.07) is 25.5. The summed E-state index contributed by atoms with van der Waals surface area (Å²) in [4.78, 5) is 11.3. The zero-order chi connectivity index (χ0) is 26.3. The lowest BCUT2D eigenvalue weighted by Gasteiger charge is -2.23. The van der Waals surface area contributed by atoms with Crippen LogP contribution in [0.25, 0.3) is 11.6 Å². The average molecular weight is 548 g/mol. The predicted octanol–water partition coefficient (Wildman–Crippen LogP) is 5.16. The van der Waals surface area contributed by atoms with Crippen LogP contribution >= 0.6 is 15.9 Å². The molecular formula is C29H30BrN3O3. The number of primary amides is 1. The highest BCUT2D eigenvalue weighted by molar-refractivity contribution is 9.10. The number of benzene rings is 3. The van der Waals surface area contributed by atoms with Crippen molar-refractivity contribution >= 4 is 33.5 Å². The second-order valence-electron chi connectivity index (χ2n) is 9.07. The summed E-state index contributed by atoms with van der Waals surface area (Å²) in [5.41, 5.74) is 14.4. The maximum atomic E-state index is 11.3. The van der Waals surface area contributed by atoms with Crippen LogP contribution in [0.4, 0.5) is 0 Å². The third-order valence-electron chi connectivity index (χ3n) is 6.29. The number of allylic oxidation sites excluding steroid dienone is 1. The molecule has 3 aromatic carbocycles. The minimum Gasteiger partial charge on any atom is -0.489 e. The Morgan fingerprint density at radius 2 is 1.78 bits per heavy atom. The number of carbonyl (C=O) groups is 1. The second-order valence-corrected chi connectivity index (χ2v) is 9.98. The Kier molecular flexibility index (Phi) is 8.70. The fourth-order valence-corrected chi connectivity index (χ4v) is 4.05. The number of halogens is 1. The molecule has 4 rings (SSSR count). The standard InChI is InChI=1S/C19H19BrN2.C10H11NO3/c1-19(2,13-22)17-7-5-15(6-8-17)16(12-21)11-14-3-9-18(20)10-4-14;1-13-10(9(11)12)6-14-8-5-3-2-4-7(8)10/h3-11H,13,22H2,1-2H3;2-5H,6H2,1H3,(H2,11,12)/b16-11+;. The van der Waals surface area contributed by atoms with Crippen LogP contribution in [0.1, 0.15) is 36.1 Å². The lowest BCUT2D eigenvalue weighted by molar-refractivity contribution is -0.142. The number of methoxy groups -OCH3 is 1. The van der Waals surface area contributed by atoms with E-state index in [0.717, 1.165) is 15.6 Å². The Morgan fingerprint density at radius 1 is 1.14 bits per heavy atom. The lowest BCUT2D eigenvalue weighted by atomic mass is 9.84. The van der Waals surface area contributed by atoms with Crippen LogP contribution in [0.15, 0.2) is 77.3 Å². The van der Waals surface area contributed by atoms with Crippen molar-refractivity contribution in [3.8, 4) is 11.8 Å². The topological polar surface area (TPSA) is 111 Å². The predicted molar refractivity (Wildman–Crippen MR) is 146 cm³/mol. The molecule has 4 N–H and O–H groups in total. The molecule has 1 aliphatic heterocycles. The number of fused-ring (bicyclic) bond motifs is 1. The fourth-order valence-electron chi connectivity index (χ4n) is 3.78. The minimum atomic E-state index is -1.11. The molecule has 1 aliphatic rings. The number of hydrogen-bond donors (Lipinski definition) is 2. The highest BCUT2D eigenvalue weighted by Crippen LogP contribution is 2.38. The van der Waals surface area contributed by atoms with Gasteiger partial charge in [0.1, 0.15) is 12.4 Å². The third kappa shape index (κ3) is 5.85. The molecule has 1 heterocycles. The van der Waals surface area contributed by atoms with Crippen molar-refractivity contribution in [1.82, 2.24) is 0 Å². The van der Waals surface area contributed by atoms with Crippen LogP contribution < -0.4 is 16.2 Å². The summed E-state index contributed by atoms with van der Waals surface area (Å²) in [5, 5.41) is 9.42. The van der Waals surface area contributed by atoms with E-state index in [9.17, 15) is 10.1 Å². The molecule has 186 valence electrons. The first kappa shape index (κ1) is 27.2.